The van der Waals surface area contributed by atoms with Gasteiger partial charge in [-0.25, -0.2) is 9.97 Å². The number of hydrogen-bond acceptors (Lipinski definition) is 5. The van der Waals surface area contributed by atoms with Gasteiger partial charge in [-0.3, -0.25) is 4.40 Å². The van der Waals surface area contributed by atoms with Crippen molar-refractivity contribution in [2.75, 3.05) is 19.5 Å². The molecule has 0 unspecified atom stereocenters. The van der Waals surface area contributed by atoms with Crippen LogP contribution >= 0.6 is 0 Å². The molecule has 1 N–H and O–H groups in total. The van der Waals surface area contributed by atoms with Gasteiger partial charge in [0.25, 0.3) is 0 Å². The average Bonchev–Trinajstić information content (AvgIpc) is 3.19. The predicted molar refractivity (Wildman–Crippen MR) is 101 cm³/mol. The highest BCUT2D eigenvalue weighted by Gasteiger charge is 2.13. The van der Waals surface area contributed by atoms with E-state index in [-0.39, 0.29) is 0 Å². The van der Waals surface area contributed by atoms with E-state index in [0.29, 0.717) is 5.82 Å². The normalized spacial score (nSPS) is 10.7. The smallest absolute Gasteiger partial charge is 0.180 e. The number of aromatic nitrogens is 3. The largest absolute Gasteiger partial charge is 0.497 e. The second-order valence-electron chi connectivity index (χ2n) is 5.67. The van der Waals surface area contributed by atoms with Gasteiger partial charge in [0.05, 0.1) is 26.1 Å². The number of rotatable bonds is 5. The Balaban J connectivity index is 1.76. The number of methoxy groups -OCH3 is 2. The zero-order chi connectivity index (χ0) is 17.9. The lowest BCUT2D eigenvalue weighted by Gasteiger charge is -2.13. The van der Waals surface area contributed by atoms with Crippen LogP contribution in [0.5, 0.6) is 11.5 Å². The Morgan fingerprint density at radius 2 is 1.73 bits per heavy atom. The van der Waals surface area contributed by atoms with Crippen LogP contribution in [-0.4, -0.2) is 28.6 Å². The summed E-state index contributed by atoms with van der Waals surface area (Å²) in [5, 5.41) is 3.31. The highest BCUT2D eigenvalue weighted by Crippen LogP contribution is 2.31. The van der Waals surface area contributed by atoms with E-state index in [1.54, 1.807) is 20.4 Å². The van der Waals surface area contributed by atoms with Gasteiger partial charge in [0.15, 0.2) is 11.5 Å². The van der Waals surface area contributed by atoms with Crippen LogP contribution in [0.2, 0.25) is 0 Å². The molecule has 4 aromatic rings. The number of nitrogens with zero attached hydrogens (tertiary/aromatic N) is 3. The molecule has 26 heavy (non-hydrogen) atoms. The molecule has 2 aromatic carbocycles. The van der Waals surface area contributed by atoms with Crippen molar-refractivity contribution in [2.45, 2.75) is 0 Å². The summed E-state index contributed by atoms with van der Waals surface area (Å²) in [5.41, 5.74) is 3.52. The van der Waals surface area contributed by atoms with E-state index in [1.807, 2.05) is 65.3 Å². The number of benzene rings is 2. The molecule has 0 bridgehead atoms. The van der Waals surface area contributed by atoms with Crippen LogP contribution < -0.4 is 14.8 Å². The van der Waals surface area contributed by atoms with Crippen molar-refractivity contribution in [3.63, 3.8) is 0 Å². The maximum absolute atomic E-state index is 5.48. The van der Waals surface area contributed by atoms with Crippen LogP contribution in [-0.2, 0) is 0 Å². The monoisotopic (exact) mass is 346 g/mol. The summed E-state index contributed by atoms with van der Waals surface area (Å²) in [6.45, 7) is 0. The SMILES string of the molecule is COc1ccc(Nc2ncc(-c3ccccc3OC)n3ccnc23)cc1. The zero-order valence-corrected chi connectivity index (χ0v) is 14.5. The fourth-order valence-electron chi connectivity index (χ4n) is 2.87. The third-order valence-electron chi connectivity index (χ3n) is 4.16. The summed E-state index contributed by atoms with van der Waals surface area (Å²) in [5.74, 6) is 2.28. The molecule has 0 fully saturated rings. The topological polar surface area (TPSA) is 60.7 Å². The number of imidazole rings is 1. The van der Waals surface area contributed by atoms with Crippen LogP contribution in [0.3, 0.4) is 0 Å². The van der Waals surface area contributed by atoms with Crippen molar-refractivity contribution in [2.24, 2.45) is 0 Å². The van der Waals surface area contributed by atoms with Gasteiger partial charge in [0, 0.05) is 23.6 Å². The lowest BCUT2D eigenvalue weighted by molar-refractivity contribution is 0.415. The summed E-state index contributed by atoms with van der Waals surface area (Å²) in [4.78, 5) is 9.05. The maximum atomic E-state index is 5.48. The second-order valence-corrected chi connectivity index (χ2v) is 5.67. The molecule has 0 spiro atoms. The minimum Gasteiger partial charge on any atom is -0.497 e. The molecule has 0 saturated carbocycles. The van der Waals surface area contributed by atoms with Gasteiger partial charge in [-0.2, -0.15) is 0 Å². The van der Waals surface area contributed by atoms with Crippen LogP contribution in [0.1, 0.15) is 0 Å². The third kappa shape index (κ3) is 2.82. The van der Waals surface area contributed by atoms with Gasteiger partial charge in [0.1, 0.15) is 11.5 Å². The van der Waals surface area contributed by atoms with Gasteiger partial charge >= 0.3 is 0 Å². The summed E-state index contributed by atoms with van der Waals surface area (Å²) < 4.78 is 12.7. The van der Waals surface area contributed by atoms with Gasteiger partial charge in [-0.1, -0.05) is 12.1 Å². The molecule has 0 aliphatic heterocycles. The molecule has 0 amide bonds. The quantitative estimate of drug-likeness (QED) is 0.588. The van der Waals surface area contributed by atoms with Gasteiger partial charge in [-0.05, 0) is 36.4 Å². The number of nitrogens with one attached hydrogen (secondary N) is 1. The van der Waals surface area contributed by atoms with Crippen LogP contribution in [0, 0.1) is 0 Å². The van der Waals surface area contributed by atoms with E-state index < -0.39 is 0 Å². The summed E-state index contributed by atoms with van der Waals surface area (Å²) in [6, 6.07) is 15.5. The van der Waals surface area contributed by atoms with Gasteiger partial charge < -0.3 is 14.8 Å². The predicted octanol–water partition coefficient (Wildman–Crippen LogP) is 4.16. The molecule has 6 heteroatoms. The Kier molecular flexibility index (Phi) is 4.15. The Hall–Kier alpha value is -3.54. The summed E-state index contributed by atoms with van der Waals surface area (Å²) in [7, 11) is 3.31. The number of anilines is 2. The first kappa shape index (κ1) is 16.0. The number of fused-ring (bicyclic) bond motifs is 1. The van der Waals surface area contributed by atoms with Crippen LogP contribution in [0.4, 0.5) is 11.5 Å². The maximum Gasteiger partial charge on any atom is 0.180 e. The van der Waals surface area contributed by atoms with Crippen molar-refractivity contribution < 1.29 is 9.47 Å². The molecule has 130 valence electrons. The standard InChI is InChI=1S/C20H18N4O2/c1-25-15-9-7-14(8-10-15)23-19-20-21-11-12-24(20)17(13-22-19)16-5-3-4-6-18(16)26-2/h3-13H,1-2H3,(H,22,23). The van der Waals surface area contributed by atoms with E-state index in [4.69, 9.17) is 9.47 Å². The fraction of sp³-hybridized carbons (Fsp3) is 0.100. The Bertz CT molecular complexity index is 1040. The van der Waals surface area contributed by atoms with Crippen molar-refractivity contribution in [3.05, 3.63) is 67.1 Å². The molecule has 0 saturated heterocycles. The van der Waals surface area contributed by atoms with E-state index >= 15 is 0 Å². The molecule has 2 heterocycles. The minimum absolute atomic E-state index is 0.679. The highest BCUT2D eigenvalue weighted by molar-refractivity contribution is 5.76. The third-order valence-corrected chi connectivity index (χ3v) is 4.16. The molecule has 4 rings (SSSR count). The Morgan fingerprint density at radius 1 is 0.923 bits per heavy atom. The zero-order valence-electron chi connectivity index (χ0n) is 14.5. The summed E-state index contributed by atoms with van der Waals surface area (Å²) >= 11 is 0. The Labute approximate surface area is 151 Å². The Morgan fingerprint density at radius 3 is 2.50 bits per heavy atom. The molecular formula is C20H18N4O2. The van der Waals surface area contributed by atoms with E-state index in [1.165, 1.54) is 0 Å². The lowest BCUT2D eigenvalue weighted by atomic mass is 10.1. The molecule has 0 atom stereocenters. The van der Waals surface area contributed by atoms with Crippen molar-refractivity contribution >= 4 is 17.2 Å². The first-order valence-corrected chi connectivity index (χ1v) is 8.16. The molecule has 0 radical (unpaired) electrons. The van der Waals surface area contributed by atoms with Crippen LogP contribution in [0.15, 0.2) is 67.1 Å². The van der Waals surface area contributed by atoms with Gasteiger partial charge in [-0.15, -0.1) is 0 Å². The average molecular weight is 346 g/mol. The number of ether oxygens (including phenoxy) is 2. The lowest BCUT2D eigenvalue weighted by Crippen LogP contribution is -2.01. The second kappa shape index (κ2) is 6.76. The van der Waals surface area contributed by atoms with Crippen LogP contribution in [0.25, 0.3) is 16.9 Å². The first-order valence-electron chi connectivity index (χ1n) is 8.16. The van der Waals surface area contributed by atoms with Crippen molar-refractivity contribution in [1.82, 2.24) is 14.4 Å². The van der Waals surface area contributed by atoms with E-state index in [9.17, 15) is 0 Å². The molecule has 2 aromatic heterocycles. The van der Waals surface area contributed by atoms with E-state index in [2.05, 4.69) is 15.3 Å². The van der Waals surface area contributed by atoms with Crippen molar-refractivity contribution in [3.8, 4) is 22.8 Å². The van der Waals surface area contributed by atoms with Gasteiger partial charge in [0.2, 0.25) is 0 Å². The summed E-state index contributed by atoms with van der Waals surface area (Å²) in [6.07, 6.45) is 5.49. The minimum atomic E-state index is 0.679. The molecule has 0 aliphatic rings. The van der Waals surface area contributed by atoms with Crippen molar-refractivity contribution in [1.29, 1.82) is 0 Å². The number of para-hydroxylation sites is 1. The molecular weight excluding hydrogens is 328 g/mol. The number of hydrogen-bond donors (Lipinski definition) is 1. The first-order chi connectivity index (χ1) is 12.8. The molecule has 0 aliphatic carbocycles. The molecule has 6 nitrogen and oxygen atoms in total. The fourth-order valence-corrected chi connectivity index (χ4v) is 2.87. The van der Waals surface area contributed by atoms with E-state index in [0.717, 1.165) is 34.1 Å². The highest BCUT2D eigenvalue weighted by atomic mass is 16.5.